The number of nitrogens with two attached hydrogens (primary N) is 1. The monoisotopic (exact) mass is 289 g/mol. The van der Waals surface area contributed by atoms with Gasteiger partial charge in [-0.25, -0.2) is 9.97 Å². The summed E-state index contributed by atoms with van der Waals surface area (Å²) in [5, 5.41) is 0.645. The van der Waals surface area contributed by atoms with Crippen molar-refractivity contribution >= 4 is 28.6 Å². The maximum absolute atomic E-state index is 6.13. The van der Waals surface area contributed by atoms with Crippen LogP contribution in [0.15, 0.2) is 36.9 Å². The number of para-hydroxylation sites is 1. The maximum atomic E-state index is 6.13. The topological polar surface area (TPSA) is 61.7 Å². The Bertz CT molecular complexity index is 702. The molecule has 0 spiro atoms. The second-order valence-corrected chi connectivity index (χ2v) is 5.14. The second-order valence-electron chi connectivity index (χ2n) is 4.74. The Hall–Kier alpha value is -2.01. The number of fused-ring (bicyclic) bond motifs is 1. The fraction of sp³-hybridized carbons (Fsp3) is 0.286. The lowest BCUT2D eigenvalue weighted by Gasteiger charge is -2.07. The Balaban J connectivity index is 1.68. The van der Waals surface area contributed by atoms with E-state index in [1.54, 1.807) is 6.20 Å². The average molecular weight is 290 g/mol. The zero-order valence-corrected chi connectivity index (χ0v) is 11.8. The number of aryl methyl sites for hydroxylation is 2. The lowest BCUT2D eigenvalue weighted by molar-refractivity contribution is 0.562. The third-order valence-electron chi connectivity index (χ3n) is 3.37. The Kier molecular flexibility index (Phi) is 3.60. The van der Waals surface area contributed by atoms with Crippen molar-refractivity contribution in [1.29, 1.82) is 0 Å². The minimum Gasteiger partial charge on any atom is -0.369 e. The lowest BCUT2D eigenvalue weighted by Crippen LogP contribution is -2.04. The normalized spacial score (nSPS) is 11.2. The number of hydrogen-bond donors (Lipinski definition) is 1. The summed E-state index contributed by atoms with van der Waals surface area (Å²) >= 11 is 6.13. The average Bonchev–Trinajstić information content (AvgIpc) is 3.04. The van der Waals surface area contributed by atoms with Crippen LogP contribution in [0, 0.1) is 0 Å². The summed E-state index contributed by atoms with van der Waals surface area (Å²) in [4.78, 5) is 8.36. The van der Waals surface area contributed by atoms with Crippen LogP contribution in [-0.4, -0.2) is 19.1 Å². The first kappa shape index (κ1) is 13.0. The van der Waals surface area contributed by atoms with Crippen LogP contribution in [0.2, 0.25) is 5.02 Å². The van der Waals surface area contributed by atoms with E-state index in [0.29, 0.717) is 11.0 Å². The van der Waals surface area contributed by atoms with Gasteiger partial charge in [-0.15, -0.1) is 0 Å². The summed E-state index contributed by atoms with van der Waals surface area (Å²) < 4.78 is 4.10. The molecule has 104 valence electrons. The third kappa shape index (κ3) is 2.49. The molecule has 0 saturated carbocycles. The van der Waals surface area contributed by atoms with E-state index >= 15 is 0 Å². The number of nitrogens with zero attached hydrogens (tertiary/aromatic N) is 4. The van der Waals surface area contributed by atoms with E-state index in [2.05, 4.69) is 14.5 Å². The summed E-state index contributed by atoms with van der Waals surface area (Å²) in [6.07, 6.45) is 7.70. The van der Waals surface area contributed by atoms with E-state index in [4.69, 9.17) is 17.3 Å². The first-order valence-electron chi connectivity index (χ1n) is 6.61. The van der Waals surface area contributed by atoms with Crippen LogP contribution in [-0.2, 0) is 13.1 Å². The smallest absolute Gasteiger partial charge is 0.201 e. The molecule has 0 unspecified atom stereocenters. The first-order chi connectivity index (χ1) is 9.75. The van der Waals surface area contributed by atoms with Crippen LogP contribution in [0.5, 0.6) is 0 Å². The predicted molar refractivity (Wildman–Crippen MR) is 80.6 cm³/mol. The molecule has 2 aromatic heterocycles. The van der Waals surface area contributed by atoms with E-state index < -0.39 is 0 Å². The van der Waals surface area contributed by atoms with E-state index in [9.17, 15) is 0 Å². The molecule has 2 heterocycles. The van der Waals surface area contributed by atoms with Crippen LogP contribution in [0.1, 0.15) is 12.8 Å². The molecule has 0 aliphatic rings. The summed E-state index contributed by atoms with van der Waals surface area (Å²) in [5.41, 5.74) is 7.75. The molecule has 5 nitrogen and oxygen atoms in total. The van der Waals surface area contributed by atoms with Crippen molar-refractivity contribution in [1.82, 2.24) is 19.1 Å². The molecule has 3 rings (SSSR count). The summed E-state index contributed by atoms with van der Waals surface area (Å²) in [5.74, 6) is 0.524. The van der Waals surface area contributed by atoms with Crippen molar-refractivity contribution in [3.05, 3.63) is 41.9 Å². The molecule has 3 aromatic rings. The van der Waals surface area contributed by atoms with Crippen LogP contribution in [0.4, 0.5) is 5.95 Å². The van der Waals surface area contributed by atoms with Crippen LogP contribution in [0.3, 0.4) is 0 Å². The van der Waals surface area contributed by atoms with E-state index in [0.717, 1.165) is 37.0 Å². The standard InChI is InChI=1S/C14H16ClN5/c15-11-4-3-5-12-13(11)18-14(16)20(12)8-2-1-7-19-9-6-17-10-19/h3-6,9-10H,1-2,7-8H2,(H2,16,18). The van der Waals surface area contributed by atoms with Crippen molar-refractivity contribution in [2.24, 2.45) is 0 Å². The van der Waals surface area contributed by atoms with Gasteiger partial charge in [0.05, 0.1) is 16.9 Å². The van der Waals surface area contributed by atoms with Gasteiger partial charge in [0.15, 0.2) is 0 Å². The Morgan fingerprint density at radius 2 is 2.05 bits per heavy atom. The molecular formula is C14H16ClN5. The zero-order chi connectivity index (χ0) is 13.9. The Labute approximate surface area is 122 Å². The number of halogens is 1. The van der Waals surface area contributed by atoms with E-state index in [1.807, 2.05) is 35.3 Å². The number of anilines is 1. The molecule has 0 atom stereocenters. The molecule has 0 aliphatic carbocycles. The number of aromatic nitrogens is 4. The molecule has 6 heteroatoms. The summed E-state index contributed by atoms with van der Waals surface area (Å²) in [6, 6.07) is 5.76. The highest BCUT2D eigenvalue weighted by Crippen LogP contribution is 2.25. The van der Waals surface area contributed by atoms with Gasteiger partial charge in [0.1, 0.15) is 5.52 Å². The number of benzene rings is 1. The first-order valence-corrected chi connectivity index (χ1v) is 6.99. The minimum atomic E-state index is 0.524. The van der Waals surface area contributed by atoms with Gasteiger partial charge in [-0.2, -0.15) is 0 Å². The zero-order valence-electron chi connectivity index (χ0n) is 11.0. The van der Waals surface area contributed by atoms with Gasteiger partial charge in [0.2, 0.25) is 5.95 Å². The number of imidazole rings is 2. The molecular weight excluding hydrogens is 274 g/mol. The fourth-order valence-corrected chi connectivity index (χ4v) is 2.56. The van der Waals surface area contributed by atoms with Gasteiger partial charge in [0, 0.05) is 25.5 Å². The quantitative estimate of drug-likeness (QED) is 0.735. The highest BCUT2D eigenvalue weighted by Gasteiger charge is 2.09. The van der Waals surface area contributed by atoms with Crippen molar-refractivity contribution in [2.75, 3.05) is 5.73 Å². The molecule has 2 N–H and O–H groups in total. The van der Waals surface area contributed by atoms with E-state index in [-0.39, 0.29) is 0 Å². The van der Waals surface area contributed by atoms with Crippen LogP contribution in [0.25, 0.3) is 11.0 Å². The van der Waals surface area contributed by atoms with Gasteiger partial charge < -0.3 is 14.9 Å². The molecule has 0 radical (unpaired) electrons. The van der Waals surface area contributed by atoms with Crippen molar-refractivity contribution in [3.8, 4) is 0 Å². The fourth-order valence-electron chi connectivity index (χ4n) is 2.35. The molecule has 0 aliphatic heterocycles. The lowest BCUT2D eigenvalue weighted by atomic mass is 10.3. The number of hydrogen-bond acceptors (Lipinski definition) is 3. The van der Waals surface area contributed by atoms with Crippen LogP contribution < -0.4 is 5.73 Å². The van der Waals surface area contributed by atoms with Gasteiger partial charge in [-0.3, -0.25) is 0 Å². The number of unbranched alkanes of at least 4 members (excludes halogenated alkanes) is 1. The second kappa shape index (κ2) is 5.54. The summed E-state index contributed by atoms with van der Waals surface area (Å²) in [6.45, 7) is 1.81. The minimum absolute atomic E-state index is 0.524. The van der Waals surface area contributed by atoms with Crippen molar-refractivity contribution in [3.63, 3.8) is 0 Å². The predicted octanol–water partition coefficient (Wildman–Crippen LogP) is 2.95. The van der Waals surface area contributed by atoms with Gasteiger partial charge in [0.25, 0.3) is 0 Å². The third-order valence-corrected chi connectivity index (χ3v) is 3.67. The number of nitrogen functional groups attached to an aromatic ring is 1. The van der Waals surface area contributed by atoms with Gasteiger partial charge >= 0.3 is 0 Å². The van der Waals surface area contributed by atoms with Crippen LogP contribution >= 0.6 is 11.6 Å². The maximum Gasteiger partial charge on any atom is 0.201 e. The van der Waals surface area contributed by atoms with Gasteiger partial charge in [-0.05, 0) is 25.0 Å². The number of rotatable bonds is 5. The van der Waals surface area contributed by atoms with Crippen molar-refractivity contribution in [2.45, 2.75) is 25.9 Å². The largest absolute Gasteiger partial charge is 0.369 e. The van der Waals surface area contributed by atoms with E-state index in [1.165, 1.54) is 0 Å². The molecule has 0 fully saturated rings. The summed E-state index contributed by atoms with van der Waals surface area (Å²) in [7, 11) is 0. The molecule has 0 amide bonds. The molecule has 0 bridgehead atoms. The SMILES string of the molecule is Nc1nc2c(Cl)cccc2n1CCCCn1ccnc1. The van der Waals surface area contributed by atoms with Gasteiger partial charge in [-0.1, -0.05) is 17.7 Å². The Morgan fingerprint density at radius 1 is 1.20 bits per heavy atom. The molecule has 20 heavy (non-hydrogen) atoms. The highest BCUT2D eigenvalue weighted by molar-refractivity contribution is 6.35. The molecule has 0 saturated heterocycles. The molecule has 1 aromatic carbocycles. The van der Waals surface area contributed by atoms with Crippen molar-refractivity contribution < 1.29 is 0 Å². The highest BCUT2D eigenvalue weighted by atomic mass is 35.5. The Morgan fingerprint density at radius 3 is 2.85 bits per heavy atom.